The molecule has 0 unspecified atom stereocenters. The number of hydrogen-bond acceptors (Lipinski definition) is 3. The van der Waals surface area contributed by atoms with Crippen LogP contribution in [0.3, 0.4) is 0 Å². The third-order valence-corrected chi connectivity index (χ3v) is 3.81. The predicted octanol–water partition coefficient (Wildman–Crippen LogP) is 1.86. The van der Waals surface area contributed by atoms with Crippen LogP contribution in [0.5, 0.6) is 0 Å². The molecule has 1 aliphatic carbocycles. The van der Waals surface area contributed by atoms with Gasteiger partial charge in [0.1, 0.15) is 0 Å². The largest absolute Gasteiger partial charge is 0.481 e. The van der Waals surface area contributed by atoms with Crippen LogP contribution in [-0.4, -0.2) is 41.8 Å². The van der Waals surface area contributed by atoms with E-state index >= 15 is 0 Å². The van der Waals surface area contributed by atoms with Crippen LogP contribution in [0.4, 0.5) is 4.79 Å². The van der Waals surface area contributed by atoms with E-state index in [4.69, 9.17) is 4.74 Å². The molecule has 17 heavy (non-hydrogen) atoms. The fraction of sp³-hybridized carbons (Fsp3) is 0.833. The van der Waals surface area contributed by atoms with E-state index in [9.17, 15) is 14.7 Å². The number of carbonyl (C=O) groups excluding carboxylic acids is 1. The van der Waals surface area contributed by atoms with Crippen LogP contribution in [0.15, 0.2) is 0 Å². The van der Waals surface area contributed by atoms with E-state index in [0.29, 0.717) is 32.5 Å². The van der Waals surface area contributed by atoms with Gasteiger partial charge in [0.2, 0.25) is 0 Å². The summed E-state index contributed by atoms with van der Waals surface area (Å²) in [5.74, 6) is -0.768. The van der Waals surface area contributed by atoms with Crippen LogP contribution in [-0.2, 0) is 9.53 Å². The highest BCUT2D eigenvalue weighted by atomic mass is 16.6. The Morgan fingerprint density at radius 1 is 1.29 bits per heavy atom. The number of aliphatic carboxylic acids is 1. The minimum Gasteiger partial charge on any atom is -0.481 e. The summed E-state index contributed by atoms with van der Waals surface area (Å²) in [6.45, 7) is 1.38. The molecular formula is C12H19NO4. The van der Waals surface area contributed by atoms with E-state index in [0.717, 1.165) is 25.7 Å². The Hall–Kier alpha value is -1.26. The predicted molar refractivity (Wildman–Crippen MR) is 60.7 cm³/mol. The first kappa shape index (κ1) is 12.2. The van der Waals surface area contributed by atoms with Crippen molar-refractivity contribution in [2.75, 3.05) is 19.7 Å². The zero-order chi connectivity index (χ0) is 12.3. The van der Waals surface area contributed by atoms with Crippen molar-refractivity contribution >= 4 is 12.1 Å². The Bertz CT molecular complexity index is 310. The molecule has 1 N–H and O–H groups in total. The monoisotopic (exact) mass is 241 g/mol. The van der Waals surface area contributed by atoms with Crippen molar-refractivity contribution in [3.05, 3.63) is 0 Å². The first-order valence-electron chi connectivity index (χ1n) is 6.29. The Morgan fingerprint density at radius 3 is 2.59 bits per heavy atom. The number of cyclic esters (lactones) is 1. The lowest BCUT2D eigenvalue weighted by Gasteiger charge is -2.38. The number of carboxylic acids is 1. The molecule has 96 valence electrons. The normalized spacial score (nSPS) is 24.2. The molecule has 0 spiro atoms. The van der Waals surface area contributed by atoms with Crippen LogP contribution in [0, 0.1) is 5.41 Å². The third kappa shape index (κ3) is 2.53. The summed E-state index contributed by atoms with van der Waals surface area (Å²) < 4.78 is 4.95. The molecule has 2 fully saturated rings. The van der Waals surface area contributed by atoms with Crippen molar-refractivity contribution < 1.29 is 19.4 Å². The van der Waals surface area contributed by atoms with Crippen molar-refractivity contribution in [2.24, 2.45) is 5.41 Å². The minimum absolute atomic E-state index is 0.307. The van der Waals surface area contributed by atoms with Crippen molar-refractivity contribution in [3.8, 4) is 0 Å². The highest BCUT2D eigenvalue weighted by Crippen LogP contribution is 2.37. The first-order valence-corrected chi connectivity index (χ1v) is 6.29. The average Bonchev–Trinajstić information content (AvgIpc) is 2.33. The minimum atomic E-state index is -0.768. The number of nitrogens with zero attached hydrogens (tertiary/aromatic N) is 1. The molecule has 2 aliphatic rings. The molecule has 0 atom stereocenters. The molecule has 1 heterocycles. The molecule has 0 radical (unpaired) electrons. The summed E-state index contributed by atoms with van der Waals surface area (Å²) >= 11 is 0. The quantitative estimate of drug-likeness (QED) is 0.819. The van der Waals surface area contributed by atoms with E-state index < -0.39 is 11.4 Å². The Labute approximate surface area is 101 Å². The molecule has 1 amide bonds. The van der Waals surface area contributed by atoms with Crippen molar-refractivity contribution in [3.63, 3.8) is 0 Å². The molecule has 1 aliphatic heterocycles. The fourth-order valence-electron chi connectivity index (χ4n) is 2.77. The summed E-state index contributed by atoms with van der Waals surface area (Å²) in [7, 11) is 0. The number of rotatable bonds is 3. The maximum atomic E-state index is 11.5. The molecule has 5 nitrogen and oxygen atoms in total. The summed E-state index contributed by atoms with van der Waals surface area (Å²) in [5.41, 5.74) is -0.741. The zero-order valence-electron chi connectivity index (χ0n) is 9.98. The Kier molecular flexibility index (Phi) is 3.54. The van der Waals surface area contributed by atoms with Gasteiger partial charge in [-0.1, -0.05) is 19.3 Å². The second kappa shape index (κ2) is 4.94. The lowest BCUT2D eigenvalue weighted by atomic mass is 9.73. The molecule has 0 aromatic rings. The van der Waals surface area contributed by atoms with Crippen LogP contribution < -0.4 is 0 Å². The lowest BCUT2D eigenvalue weighted by molar-refractivity contribution is -0.152. The number of ether oxygens (including phenoxy) is 1. The zero-order valence-corrected chi connectivity index (χ0v) is 9.98. The van der Waals surface area contributed by atoms with Crippen molar-refractivity contribution in [1.29, 1.82) is 0 Å². The van der Waals surface area contributed by atoms with Crippen LogP contribution in [0.25, 0.3) is 0 Å². The Balaban J connectivity index is 2.06. The fourth-order valence-corrected chi connectivity index (χ4v) is 2.77. The van der Waals surface area contributed by atoms with Gasteiger partial charge in [-0.2, -0.15) is 0 Å². The van der Waals surface area contributed by atoms with Crippen molar-refractivity contribution in [1.82, 2.24) is 4.90 Å². The molecule has 1 saturated heterocycles. The van der Waals surface area contributed by atoms with Crippen molar-refractivity contribution in [2.45, 2.75) is 38.5 Å². The van der Waals surface area contributed by atoms with Gasteiger partial charge in [0, 0.05) is 13.1 Å². The van der Waals surface area contributed by atoms with Crippen LogP contribution in [0.1, 0.15) is 38.5 Å². The van der Waals surface area contributed by atoms with E-state index in [-0.39, 0.29) is 6.09 Å². The second-order valence-electron chi connectivity index (χ2n) is 5.04. The van der Waals surface area contributed by atoms with Gasteiger partial charge >= 0.3 is 12.1 Å². The van der Waals surface area contributed by atoms with Gasteiger partial charge in [-0.25, -0.2) is 4.79 Å². The smallest absolute Gasteiger partial charge is 0.409 e. The van der Waals surface area contributed by atoms with Gasteiger partial charge in [-0.15, -0.1) is 0 Å². The van der Waals surface area contributed by atoms with E-state index in [2.05, 4.69) is 0 Å². The first-order chi connectivity index (χ1) is 8.14. The Morgan fingerprint density at radius 2 is 2.00 bits per heavy atom. The molecule has 5 heteroatoms. The second-order valence-corrected chi connectivity index (χ2v) is 5.04. The van der Waals surface area contributed by atoms with Gasteiger partial charge in [-0.3, -0.25) is 4.79 Å². The number of hydrogen-bond donors (Lipinski definition) is 1. The molecule has 1 saturated carbocycles. The van der Waals surface area contributed by atoms with Gasteiger partial charge in [-0.05, 0) is 19.3 Å². The van der Waals surface area contributed by atoms with E-state index in [1.54, 1.807) is 4.90 Å². The summed E-state index contributed by atoms with van der Waals surface area (Å²) in [5, 5.41) is 9.43. The van der Waals surface area contributed by atoms with Gasteiger partial charge in [0.15, 0.2) is 0 Å². The van der Waals surface area contributed by atoms with Crippen LogP contribution >= 0.6 is 0 Å². The van der Waals surface area contributed by atoms with E-state index in [1.807, 2.05) is 0 Å². The molecule has 0 aromatic carbocycles. The van der Waals surface area contributed by atoms with Gasteiger partial charge in [0.25, 0.3) is 0 Å². The summed E-state index contributed by atoms with van der Waals surface area (Å²) in [4.78, 5) is 24.6. The SMILES string of the molecule is O=C1OCCCN1CC1(C(=O)O)CCCCC1. The van der Waals surface area contributed by atoms with Gasteiger partial charge < -0.3 is 14.7 Å². The molecule has 0 bridgehead atoms. The highest BCUT2D eigenvalue weighted by Gasteiger charge is 2.42. The molecule has 2 rings (SSSR count). The van der Waals surface area contributed by atoms with Gasteiger partial charge in [0.05, 0.1) is 12.0 Å². The third-order valence-electron chi connectivity index (χ3n) is 3.81. The number of carbonyl (C=O) groups is 2. The molecule has 0 aromatic heterocycles. The average molecular weight is 241 g/mol. The highest BCUT2D eigenvalue weighted by molar-refractivity contribution is 5.76. The number of amides is 1. The molecular weight excluding hydrogens is 222 g/mol. The standard InChI is InChI=1S/C12H19NO4/c14-10(15)12(5-2-1-3-6-12)9-13-7-4-8-17-11(13)16/h1-9H2,(H,14,15). The number of carboxylic acid groups (broad SMARTS) is 1. The maximum absolute atomic E-state index is 11.5. The maximum Gasteiger partial charge on any atom is 0.409 e. The topological polar surface area (TPSA) is 66.8 Å². The summed E-state index contributed by atoms with van der Waals surface area (Å²) in [6, 6.07) is 0. The summed E-state index contributed by atoms with van der Waals surface area (Å²) in [6.07, 6.45) is 4.76. The van der Waals surface area contributed by atoms with E-state index in [1.165, 1.54) is 0 Å². The lowest BCUT2D eigenvalue weighted by Crippen LogP contribution is -2.49. The van der Waals surface area contributed by atoms with Crippen LogP contribution in [0.2, 0.25) is 0 Å².